The maximum absolute atomic E-state index is 13.6. The van der Waals surface area contributed by atoms with Gasteiger partial charge in [-0.3, -0.25) is 4.21 Å². The molecule has 1 fully saturated rings. The Morgan fingerprint density at radius 3 is 1.92 bits per heavy atom. The SMILES string of the molecule is CO[C@H]([C]1[CH][CH][CH][C]1[S@@](=O)c1ccc(C)cc1)c1ccccc1P(c1ccccc1)c1ccccc1. The normalized spacial score (nSPS) is 16.3. The molecule has 4 aromatic rings. The zero-order chi connectivity index (χ0) is 24.9. The minimum atomic E-state index is -1.30. The topological polar surface area (TPSA) is 26.3 Å². The molecule has 4 heteroatoms. The lowest BCUT2D eigenvalue weighted by atomic mass is 9.94. The van der Waals surface area contributed by atoms with Gasteiger partial charge < -0.3 is 4.74 Å². The third kappa shape index (κ3) is 5.25. The predicted molar refractivity (Wildman–Crippen MR) is 152 cm³/mol. The van der Waals surface area contributed by atoms with Gasteiger partial charge in [0, 0.05) is 17.9 Å². The first-order valence-corrected chi connectivity index (χ1v) is 14.4. The van der Waals surface area contributed by atoms with Crippen molar-refractivity contribution in [2.75, 3.05) is 7.11 Å². The highest BCUT2D eigenvalue weighted by molar-refractivity contribution is 7.88. The van der Waals surface area contributed by atoms with Crippen molar-refractivity contribution in [2.45, 2.75) is 17.9 Å². The van der Waals surface area contributed by atoms with Gasteiger partial charge in [0.25, 0.3) is 0 Å². The van der Waals surface area contributed by atoms with Crippen molar-refractivity contribution in [3.63, 3.8) is 0 Å². The second kappa shape index (κ2) is 11.6. The standard InChI is InChI=1S/C32H28O2PS/c1-24-20-22-27(23-21-24)36(33)31-19-11-17-29(31)32(34-2)28-16-9-10-18-30(28)35(25-12-5-3-6-13-25)26-14-7-4-8-15-26/h3-23,32H,1-2H3/t32-,36-/m0/s1. The molecule has 0 amide bonds. The lowest BCUT2D eigenvalue weighted by Gasteiger charge is -2.30. The first-order chi connectivity index (χ1) is 17.7. The van der Waals surface area contributed by atoms with Gasteiger partial charge in [0.2, 0.25) is 0 Å². The number of methoxy groups -OCH3 is 1. The Labute approximate surface area is 219 Å². The molecule has 2 nitrogen and oxygen atoms in total. The average molecular weight is 508 g/mol. The summed E-state index contributed by atoms with van der Waals surface area (Å²) < 4.78 is 19.8. The van der Waals surface area contributed by atoms with E-state index in [2.05, 4.69) is 84.9 Å². The molecule has 5 radical (unpaired) electrons. The number of aryl methyl sites for hydroxylation is 1. The molecule has 5 rings (SSSR count). The molecule has 1 aliphatic rings. The largest absolute Gasteiger partial charge is 0.376 e. The van der Waals surface area contributed by atoms with E-state index in [1.807, 2.05) is 50.5 Å². The van der Waals surface area contributed by atoms with E-state index in [0.29, 0.717) is 0 Å². The molecule has 0 aromatic heterocycles. The van der Waals surface area contributed by atoms with E-state index >= 15 is 0 Å². The van der Waals surface area contributed by atoms with Crippen molar-refractivity contribution in [1.29, 1.82) is 0 Å². The minimum absolute atomic E-state index is 0.335. The Bertz CT molecular complexity index is 1250. The van der Waals surface area contributed by atoms with Gasteiger partial charge in [0.05, 0.1) is 22.2 Å². The molecule has 0 saturated heterocycles. The van der Waals surface area contributed by atoms with E-state index in [-0.39, 0.29) is 6.10 Å². The molecule has 0 bridgehead atoms. The number of rotatable bonds is 8. The van der Waals surface area contributed by atoms with Crippen LogP contribution in [-0.2, 0) is 15.5 Å². The van der Waals surface area contributed by atoms with Crippen LogP contribution in [0.15, 0.2) is 114 Å². The van der Waals surface area contributed by atoms with E-state index in [0.717, 1.165) is 27.2 Å². The van der Waals surface area contributed by atoms with Gasteiger partial charge in [-0.2, -0.15) is 0 Å². The summed E-state index contributed by atoms with van der Waals surface area (Å²) in [5.74, 6) is 0.944. The number of benzene rings is 4. The maximum atomic E-state index is 13.6. The minimum Gasteiger partial charge on any atom is -0.376 e. The molecule has 0 spiro atoms. The molecule has 1 aliphatic carbocycles. The Balaban J connectivity index is 1.55. The lowest BCUT2D eigenvalue weighted by molar-refractivity contribution is 0.121. The Hall–Kier alpha value is -2.58. The van der Waals surface area contributed by atoms with Crippen molar-refractivity contribution in [3.8, 4) is 0 Å². The lowest BCUT2D eigenvalue weighted by Crippen LogP contribution is -2.28. The fourth-order valence-electron chi connectivity index (χ4n) is 4.51. The van der Waals surface area contributed by atoms with Crippen LogP contribution in [-0.4, -0.2) is 11.3 Å². The summed E-state index contributed by atoms with van der Waals surface area (Å²) in [6.45, 7) is 2.04. The van der Waals surface area contributed by atoms with Crippen molar-refractivity contribution in [3.05, 3.63) is 151 Å². The first kappa shape index (κ1) is 25.1. The summed E-state index contributed by atoms with van der Waals surface area (Å²) in [5, 5.41) is 4.60. The summed E-state index contributed by atoms with van der Waals surface area (Å²) in [4.78, 5) is 0.798. The maximum Gasteiger partial charge on any atom is 0.0908 e. The van der Waals surface area contributed by atoms with Crippen LogP contribution in [0.1, 0.15) is 17.2 Å². The van der Waals surface area contributed by atoms with Crippen molar-refractivity contribution in [1.82, 2.24) is 0 Å². The molecule has 4 aromatic carbocycles. The van der Waals surface area contributed by atoms with E-state index < -0.39 is 18.7 Å². The Morgan fingerprint density at radius 1 is 0.722 bits per heavy atom. The van der Waals surface area contributed by atoms with Crippen LogP contribution in [0, 0.1) is 37.4 Å². The predicted octanol–water partition coefficient (Wildman–Crippen LogP) is 5.98. The van der Waals surface area contributed by atoms with Crippen LogP contribution < -0.4 is 15.9 Å². The van der Waals surface area contributed by atoms with Gasteiger partial charge in [-0.1, -0.05) is 103 Å². The highest BCUT2D eigenvalue weighted by Crippen LogP contribution is 2.48. The molecule has 0 unspecified atom stereocenters. The van der Waals surface area contributed by atoms with Crippen LogP contribution in [0.25, 0.3) is 0 Å². The summed E-state index contributed by atoms with van der Waals surface area (Å²) >= 11 is 0. The molecule has 0 N–H and O–H groups in total. The zero-order valence-corrected chi connectivity index (χ0v) is 22.1. The summed E-state index contributed by atoms with van der Waals surface area (Å²) in [6.07, 6.45) is 5.64. The van der Waals surface area contributed by atoms with Gasteiger partial charge in [-0.15, -0.1) is 0 Å². The van der Waals surface area contributed by atoms with Crippen LogP contribution in [0.2, 0.25) is 0 Å². The smallest absolute Gasteiger partial charge is 0.0908 e. The summed E-state index contributed by atoms with van der Waals surface area (Å²) in [7, 11) is -0.368. The van der Waals surface area contributed by atoms with Crippen molar-refractivity contribution in [2.24, 2.45) is 0 Å². The molecule has 1 saturated carbocycles. The van der Waals surface area contributed by atoms with Crippen LogP contribution in [0.5, 0.6) is 0 Å². The van der Waals surface area contributed by atoms with Crippen LogP contribution in [0.4, 0.5) is 0 Å². The number of hydrogen-bond acceptors (Lipinski definition) is 2. The highest BCUT2D eigenvalue weighted by Gasteiger charge is 2.41. The highest BCUT2D eigenvalue weighted by atomic mass is 32.2. The van der Waals surface area contributed by atoms with Crippen LogP contribution >= 0.6 is 7.92 Å². The van der Waals surface area contributed by atoms with Gasteiger partial charge in [-0.05, 0) is 67.7 Å². The molecule has 36 heavy (non-hydrogen) atoms. The van der Waals surface area contributed by atoms with Gasteiger partial charge in [0.15, 0.2) is 0 Å². The number of ether oxygens (including phenoxy) is 1. The van der Waals surface area contributed by atoms with Crippen LogP contribution in [0.3, 0.4) is 0 Å². The Morgan fingerprint density at radius 2 is 1.31 bits per heavy atom. The summed E-state index contributed by atoms with van der Waals surface area (Å²) in [6, 6.07) is 37.8. The molecule has 2 atom stereocenters. The number of hydrogen-bond donors (Lipinski definition) is 0. The fraction of sp³-hybridized carbons (Fsp3) is 0.0938. The molecular weight excluding hydrogens is 479 g/mol. The van der Waals surface area contributed by atoms with E-state index in [4.69, 9.17) is 4.74 Å². The van der Waals surface area contributed by atoms with E-state index in [1.165, 1.54) is 15.9 Å². The second-order valence-electron chi connectivity index (χ2n) is 8.61. The molecule has 0 heterocycles. The fourth-order valence-corrected chi connectivity index (χ4v) is 8.22. The van der Waals surface area contributed by atoms with Gasteiger partial charge in [0.1, 0.15) is 0 Å². The Kier molecular flexibility index (Phi) is 8.12. The third-order valence-corrected chi connectivity index (χ3v) is 10.2. The first-order valence-electron chi connectivity index (χ1n) is 11.9. The average Bonchev–Trinajstić information content (AvgIpc) is 3.41. The molecule has 179 valence electrons. The monoisotopic (exact) mass is 507 g/mol. The second-order valence-corrected chi connectivity index (χ2v) is 12.2. The van der Waals surface area contributed by atoms with E-state index in [9.17, 15) is 4.21 Å². The van der Waals surface area contributed by atoms with Crippen molar-refractivity contribution < 1.29 is 8.95 Å². The zero-order valence-electron chi connectivity index (χ0n) is 20.4. The molecular formula is C32H28O2PS. The summed E-state index contributed by atoms with van der Waals surface area (Å²) in [5.41, 5.74) is 2.25. The third-order valence-electron chi connectivity index (χ3n) is 6.25. The van der Waals surface area contributed by atoms with Crippen molar-refractivity contribution >= 4 is 34.6 Å². The quantitative estimate of drug-likeness (QED) is 0.274. The molecule has 0 aliphatic heterocycles. The van der Waals surface area contributed by atoms with Gasteiger partial charge >= 0.3 is 0 Å². The van der Waals surface area contributed by atoms with E-state index in [1.54, 1.807) is 7.11 Å². The van der Waals surface area contributed by atoms with Gasteiger partial charge in [-0.25, -0.2) is 0 Å².